The Morgan fingerprint density at radius 1 is 0.382 bits per heavy atom. The van der Waals surface area contributed by atoms with E-state index in [4.69, 9.17) is 9.97 Å². The van der Waals surface area contributed by atoms with Crippen molar-refractivity contribution < 1.29 is 0 Å². The molecule has 0 radical (unpaired) electrons. The summed E-state index contributed by atoms with van der Waals surface area (Å²) in [4.78, 5) is 18.8. The van der Waals surface area contributed by atoms with Crippen LogP contribution in [-0.4, -0.2) is 19.9 Å². The maximum Gasteiger partial charge on any atom is 0.0717 e. The van der Waals surface area contributed by atoms with Gasteiger partial charge in [-0.25, -0.2) is 9.97 Å². The van der Waals surface area contributed by atoms with E-state index in [1.54, 1.807) is 0 Å². The van der Waals surface area contributed by atoms with E-state index in [0.717, 1.165) is 66.1 Å². The van der Waals surface area contributed by atoms with Gasteiger partial charge in [0, 0.05) is 45.1 Å². The maximum absolute atomic E-state index is 4.96. The summed E-state index contributed by atoms with van der Waals surface area (Å²) in [6.07, 6.45) is 3.64. The number of benzene rings is 3. The molecular formula is C30H18N4. The van der Waals surface area contributed by atoms with Crippen molar-refractivity contribution in [3.63, 3.8) is 0 Å². The van der Waals surface area contributed by atoms with E-state index in [0.29, 0.717) is 0 Å². The van der Waals surface area contributed by atoms with Crippen LogP contribution in [0.5, 0.6) is 0 Å². The molecule has 0 N–H and O–H groups in total. The van der Waals surface area contributed by atoms with Crippen LogP contribution in [0, 0.1) is 0 Å². The number of hydrogen-bond donors (Lipinski definition) is 0. The monoisotopic (exact) mass is 434 g/mol. The van der Waals surface area contributed by atoms with Crippen LogP contribution < -0.4 is 0 Å². The summed E-state index contributed by atoms with van der Waals surface area (Å²) in [7, 11) is 0. The first-order chi connectivity index (χ1) is 16.8. The van der Waals surface area contributed by atoms with E-state index in [2.05, 4.69) is 70.6 Å². The van der Waals surface area contributed by atoms with Gasteiger partial charge in [-0.1, -0.05) is 30.3 Å². The van der Waals surface area contributed by atoms with Gasteiger partial charge in [-0.15, -0.1) is 0 Å². The predicted octanol–water partition coefficient (Wildman–Crippen LogP) is 7.21. The third-order valence-electron chi connectivity index (χ3n) is 6.36. The van der Waals surface area contributed by atoms with Crippen molar-refractivity contribution in [2.24, 2.45) is 0 Å². The first-order valence-electron chi connectivity index (χ1n) is 11.2. The smallest absolute Gasteiger partial charge is 0.0717 e. The molecule has 3 aromatic carbocycles. The topological polar surface area (TPSA) is 51.6 Å². The molecule has 0 aliphatic heterocycles. The molecule has 0 atom stereocenters. The number of nitrogens with zero attached hydrogens (tertiary/aromatic N) is 4. The molecule has 158 valence electrons. The molecule has 0 saturated carbocycles. The van der Waals surface area contributed by atoms with Gasteiger partial charge in [0.25, 0.3) is 0 Å². The molecule has 0 saturated heterocycles. The van der Waals surface area contributed by atoms with Crippen molar-refractivity contribution in [2.75, 3.05) is 0 Å². The first kappa shape index (κ1) is 18.8. The van der Waals surface area contributed by atoms with E-state index in [-0.39, 0.29) is 0 Å². The minimum absolute atomic E-state index is 0.940. The number of rotatable bonds is 2. The van der Waals surface area contributed by atoms with E-state index in [9.17, 15) is 0 Å². The fourth-order valence-electron chi connectivity index (χ4n) is 4.69. The summed E-state index contributed by atoms with van der Waals surface area (Å²) >= 11 is 0. The first-order valence-corrected chi connectivity index (χ1v) is 11.2. The molecule has 0 spiro atoms. The molecule has 0 fully saturated rings. The van der Waals surface area contributed by atoms with Gasteiger partial charge in [-0.2, -0.15) is 0 Å². The molecule has 0 bridgehead atoms. The van der Waals surface area contributed by atoms with Gasteiger partial charge < -0.3 is 0 Å². The Balaban J connectivity index is 1.32. The van der Waals surface area contributed by atoms with E-state index >= 15 is 0 Å². The third-order valence-corrected chi connectivity index (χ3v) is 6.36. The molecule has 4 aromatic heterocycles. The SMILES string of the molecule is c1cc(-c2ccc3c(ccc4ncccc43)n2)cc(-c2ccc3c(ccc4ncccc43)n2)c1. The summed E-state index contributed by atoms with van der Waals surface area (Å²) in [6.45, 7) is 0. The maximum atomic E-state index is 4.96. The summed E-state index contributed by atoms with van der Waals surface area (Å²) in [5.74, 6) is 0. The third kappa shape index (κ3) is 3.00. The van der Waals surface area contributed by atoms with Crippen LogP contribution in [0.2, 0.25) is 0 Å². The normalized spacial score (nSPS) is 11.5. The van der Waals surface area contributed by atoms with Crippen LogP contribution in [0.15, 0.2) is 109 Å². The fourth-order valence-corrected chi connectivity index (χ4v) is 4.69. The van der Waals surface area contributed by atoms with E-state index in [1.807, 2.05) is 48.8 Å². The number of hydrogen-bond acceptors (Lipinski definition) is 4. The van der Waals surface area contributed by atoms with E-state index in [1.165, 1.54) is 0 Å². The average molecular weight is 435 g/mol. The largest absolute Gasteiger partial charge is 0.256 e. The lowest BCUT2D eigenvalue weighted by atomic mass is 10.0. The standard InChI is InChI=1S/C30H18N4/c1-4-19(25-10-8-23-21-6-2-16-31-27(21)12-14-29(23)33-25)18-20(5-1)26-11-9-24-22-7-3-17-32-28(22)13-15-30(24)34-26/h1-18H. The van der Waals surface area contributed by atoms with E-state index < -0.39 is 0 Å². The second kappa shape index (κ2) is 7.42. The van der Waals surface area contributed by atoms with Crippen molar-refractivity contribution >= 4 is 43.6 Å². The van der Waals surface area contributed by atoms with Crippen LogP contribution in [0.1, 0.15) is 0 Å². The molecule has 0 aliphatic rings. The van der Waals surface area contributed by atoms with Crippen LogP contribution in [-0.2, 0) is 0 Å². The lowest BCUT2D eigenvalue weighted by molar-refractivity contribution is 1.37. The molecule has 7 rings (SSSR count). The summed E-state index contributed by atoms with van der Waals surface area (Å²) < 4.78 is 0. The van der Waals surface area contributed by atoms with Gasteiger partial charge in [-0.05, 0) is 66.7 Å². The van der Waals surface area contributed by atoms with Crippen molar-refractivity contribution in [3.8, 4) is 22.5 Å². The molecule has 34 heavy (non-hydrogen) atoms. The average Bonchev–Trinajstić information content (AvgIpc) is 2.92. The zero-order chi connectivity index (χ0) is 22.5. The van der Waals surface area contributed by atoms with Crippen molar-refractivity contribution in [1.82, 2.24) is 19.9 Å². The summed E-state index contributed by atoms with van der Waals surface area (Å²) in [5.41, 5.74) is 7.91. The Morgan fingerprint density at radius 3 is 1.38 bits per heavy atom. The van der Waals surface area contributed by atoms with Gasteiger partial charge in [-0.3, -0.25) is 9.97 Å². The second-order valence-corrected chi connectivity index (χ2v) is 8.38. The van der Waals surface area contributed by atoms with Crippen molar-refractivity contribution in [2.45, 2.75) is 0 Å². The molecule has 0 amide bonds. The highest BCUT2D eigenvalue weighted by atomic mass is 14.7. The Bertz CT molecular complexity index is 1740. The Hall–Kier alpha value is -4.70. The van der Waals surface area contributed by atoms with Gasteiger partial charge >= 0.3 is 0 Å². The minimum atomic E-state index is 0.940. The summed E-state index contributed by atoms with van der Waals surface area (Å²) in [5, 5.41) is 4.47. The van der Waals surface area contributed by atoms with Crippen LogP contribution >= 0.6 is 0 Å². The predicted molar refractivity (Wildman–Crippen MR) is 139 cm³/mol. The Morgan fingerprint density at radius 2 is 0.853 bits per heavy atom. The Labute approximate surface area is 195 Å². The zero-order valence-corrected chi connectivity index (χ0v) is 18.2. The second-order valence-electron chi connectivity index (χ2n) is 8.38. The highest BCUT2D eigenvalue weighted by molar-refractivity contribution is 6.06. The minimum Gasteiger partial charge on any atom is -0.256 e. The highest BCUT2D eigenvalue weighted by Gasteiger charge is 2.09. The van der Waals surface area contributed by atoms with Crippen LogP contribution in [0.3, 0.4) is 0 Å². The molecule has 4 nitrogen and oxygen atoms in total. The van der Waals surface area contributed by atoms with Gasteiger partial charge in [0.1, 0.15) is 0 Å². The van der Waals surface area contributed by atoms with Crippen molar-refractivity contribution in [1.29, 1.82) is 0 Å². The quantitative estimate of drug-likeness (QED) is 0.270. The van der Waals surface area contributed by atoms with Crippen LogP contribution in [0.25, 0.3) is 66.1 Å². The molecule has 7 aromatic rings. The van der Waals surface area contributed by atoms with Gasteiger partial charge in [0.05, 0.1) is 33.5 Å². The fraction of sp³-hybridized carbons (Fsp3) is 0. The molecule has 4 heteroatoms. The zero-order valence-electron chi connectivity index (χ0n) is 18.2. The number of aromatic nitrogens is 4. The van der Waals surface area contributed by atoms with Gasteiger partial charge in [0.15, 0.2) is 0 Å². The lowest BCUT2D eigenvalue weighted by Gasteiger charge is -2.09. The lowest BCUT2D eigenvalue weighted by Crippen LogP contribution is -1.90. The summed E-state index contributed by atoms with van der Waals surface area (Å²) in [6, 6.07) is 33.1. The van der Waals surface area contributed by atoms with Crippen molar-refractivity contribution in [3.05, 3.63) is 109 Å². The van der Waals surface area contributed by atoms with Gasteiger partial charge in [0.2, 0.25) is 0 Å². The number of fused-ring (bicyclic) bond motifs is 6. The molecule has 0 unspecified atom stereocenters. The highest BCUT2D eigenvalue weighted by Crippen LogP contribution is 2.30. The number of pyridine rings is 4. The molecular weight excluding hydrogens is 416 g/mol. The Kier molecular flexibility index (Phi) is 4.11. The molecule has 0 aliphatic carbocycles. The van der Waals surface area contributed by atoms with Crippen LogP contribution in [0.4, 0.5) is 0 Å². The molecule has 4 heterocycles.